The van der Waals surface area contributed by atoms with Gasteiger partial charge in [0.2, 0.25) is 0 Å². The molecule has 1 amide bonds. The summed E-state index contributed by atoms with van der Waals surface area (Å²) in [6, 6.07) is 5.67. The van der Waals surface area contributed by atoms with Crippen molar-refractivity contribution in [2.75, 3.05) is 7.05 Å². The van der Waals surface area contributed by atoms with Crippen LogP contribution in [0.25, 0.3) is 11.0 Å². The summed E-state index contributed by atoms with van der Waals surface area (Å²) < 4.78 is 0. The van der Waals surface area contributed by atoms with Crippen LogP contribution in [-0.4, -0.2) is 39.3 Å². The number of carbonyl (C=O) groups is 1. The molecule has 2 aromatic rings. The fourth-order valence-corrected chi connectivity index (χ4v) is 6.91. The molecule has 5 rings (SSSR count). The molecule has 1 aliphatic heterocycles. The molecule has 1 aromatic carbocycles. The Hall–Kier alpha value is -2.21. The smallest absolute Gasteiger partial charge is 0.257 e. The molecule has 1 aromatic heterocycles. The van der Waals surface area contributed by atoms with E-state index in [1.54, 1.807) is 11.9 Å². The lowest BCUT2D eigenvalue weighted by Crippen LogP contribution is -2.44. The Bertz CT molecular complexity index is 1100. The summed E-state index contributed by atoms with van der Waals surface area (Å²) in [6.45, 7) is 0. The van der Waals surface area contributed by atoms with Gasteiger partial charge in [-0.1, -0.05) is 63.0 Å². The minimum absolute atomic E-state index is 0.104. The Kier molecular flexibility index (Phi) is 7.29. The molecule has 0 unspecified atom stereocenters. The van der Waals surface area contributed by atoms with Crippen molar-refractivity contribution in [3.8, 4) is 0 Å². The predicted molar refractivity (Wildman–Crippen MR) is 141 cm³/mol. The largest absolute Gasteiger partial charge is 0.369 e. The van der Waals surface area contributed by atoms with Crippen LogP contribution in [0, 0.1) is 17.8 Å². The van der Waals surface area contributed by atoms with Gasteiger partial charge in [-0.2, -0.15) is 0 Å². The first kappa shape index (κ1) is 24.5. The highest BCUT2D eigenvalue weighted by molar-refractivity contribution is 6.31. The summed E-state index contributed by atoms with van der Waals surface area (Å²) in [7, 11) is 1.78. The van der Waals surface area contributed by atoms with Crippen molar-refractivity contribution in [2.24, 2.45) is 28.5 Å². The Morgan fingerprint density at radius 3 is 2.60 bits per heavy atom. The Labute approximate surface area is 213 Å². The van der Waals surface area contributed by atoms with E-state index in [0.717, 1.165) is 61.2 Å². The van der Waals surface area contributed by atoms with Gasteiger partial charge in [-0.05, 0) is 68.1 Å². The quantitative estimate of drug-likeness (QED) is 0.517. The van der Waals surface area contributed by atoms with Crippen LogP contribution in [0.1, 0.15) is 82.7 Å². The number of aromatic nitrogens is 2. The number of carbonyl (C=O) groups excluding carboxylic acids is 1. The lowest BCUT2D eigenvalue weighted by molar-refractivity contribution is -0.131. The summed E-state index contributed by atoms with van der Waals surface area (Å²) in [4.78, 5) is 29.3. The molecule has 2 fully saturated rings. The number of guanidine groups is 1. The molecule has 0 bridgehead atoms. The highest BCUT2D eigenvalue weighted by Gasteiger charge is 2.48. The molecule has 2 aliphatic carbocycles. The minimum atomic E-state index is -0.662. The number of halogens is 1. The van der Waals surface area contributed by atoms with E-state index in [1.807, 2.05) is 24.4 Å². The molecule has 35 heavy (non-hydrogen) atoms. The van der Waals surface area contributed by atoms with Gasteiger partial charge in [0.25, 0.3) is 5.91 Å². The van der Waals surface area contributed by atoms with Crippen LogP contribution in [0.2, 0.25) is 5.02 Å². The van der Waals surface area contributed by atoms with Crippen molar-refractivity contribution in [1.29, 1.82) is 0 Å². The zero-order valence-corrected chi connectivity index (χ0v) is 21.6. The molecule has 0 radical (unpaired) electrons. The summed E-state index contributed by atoms with van der Waals surface area (Å²) in [5.74, 6) is 2.26. The fourth-order valence-electron chi connectivity index (χ4n) is 6.74. The standard InChI is InChI=1S/C28H38ClN5O/c1-34-26(35)28(33-27(34)30,13-12-19-6-3-2-4-7-19)17-21-9-5-8-20(14-21)15-23-18-31-25-16-22(29)10-11-24(25)32-23/h10-11,16,18-21H,2-9,12-15,17H2,1H3,(H2,30,33)/t20-,21+,28+/m1/s1. The number of aliphatic imine (C=N–C) groups is 1. The molecule has 188 valence electrons. The first-order chi connectivity index (χ1) is 16.9. The third-order valence-electron chi connectivity index (χ3n) is 8.64. The van der Waals surface area contributed by atoms with Gasteiger partial charge in [-0.3, -0.25) is 14.7 Å². The number of nitrogens with zero attached hydrogens (tertiary/aromatic N) is 4. The van der Waals surface area contributed by atoms with E-state index in [1.165, 1.54) is 44.9 Å². The maximum Gasteiger partial charge on any atom is 0.257 e. The second-order valence-electron chi connectivity index (χ2n) is 11.2. The van der Waals surface area contributed by atoms with Crippen molar-refractivity contribution in [2.45, 2.75) is 89.0 Å². The molecule has 2 saturated carbocycles. The number of amides is 1. The second kappa shape index (κ2) is 10.4. The fraction of sp³-hybridized carbons (Fsp3) is 0.643. The number of benzene rings is 1. The number of likely N-dealkylation sites (N-methyl/N-ethyl adjacent to an activating group) is 1. The maximum atomic E-state index is 13.4. The molecule has 0 spiro atoms. The molecule has 3 aliphatic rings. The van der Waals surface area contributed by atoms with Crippen molar-refractivity contribution >= 4 is 34.5 Å². The third-order valence-corrected chi connectivity index (χ3v) is 8.87. The number of rotatable bonds is 7. The molecular formula is C28H38ClN5O. The molecule has 2 N–H and O–H groups in total. The van der Waals surface area contributed by atoms with Crippen LogP contribution < -0.4 is 5.73 Å². The van der Waals surface area contributed by atoms with Gasteiger partial charge in [-0.25, -0.2) is 9.98 Å². The second-order valence-corrected chi connectivity index (χ2v) is 11.6. The number of nitrogens with two attached hydrogens (primary N) is 1. The van der Waals surface area contributed by atoms with Crippen molar-refractivity contribution in [3.05, 3.63) is 35.1 Å². The van der Waals surface area contributed by atoms with E-state index in [0.29, 0.717) is 22.8 Å². The lowest BCUT2D eigenvalue weighted by atomic mass is 9.72. The zero-order chi connectivity index (χ0) is 24.4. The van der Waals surface area contributed by atoms with Gasteiger partial charge in [0.1, 0.15) is 5.54 Å². The monoisotopic (exact) mass is 495 g/mol. The number of hydrogen-bond acceptors (Lipinski definition) is 5. The summed E-state index contributed by atoms with van der Waals surface area (Å²) in [5.41, 5.74) is 8.28. The normalized spacial score (nSPS) is 28.0. The van der Waals surface area contributed by atoms with Gasteiger partial charge < -0.3 is 5.73 Å². The van der Waals surface area contributed by atoms with Crippen LogP contribution in [0.5, 0.6) is 0 Å². The SMILES string of the molecule is CN1C(=O)[C@](CCC2CCCCC2)(C[C@H]2CCC[C@@H](Cc3cnc4cc(Cl)ccc4n3)C2)N=C1N. The Morgan fingerprint density at radius 1 is 1.06 bits per heavy atom. The van der Waals surface area contributed by atoms with Crippen molar-refractivity contribution in [3.63, 3.8) is 0 Å². The van der Waals surface area contributed by atoms with E-state index in [9.17, 15) is 4.79 Å². The maximum absolute atomic E-state index is 13.4. The molecule has 2 heterocycles. The molecule has 6 nitrogen and oxygen atoms in total. The number of hydrogen-bond donors (Lipinski definition) is 1. The van der Waals surface area contributed by atoms with Crippen LogP contribution >= 0.6 is 11.6 Å². The molecule has 3 atom stereocenters. The minimum Gasteiger partial charge on any atom is -0.369 e. The van der Waals surface area contributed by atoms with Crippen LogP contribution in [0.3, 0.4) is 0 Å². The van der Waals surface area contributed by atoms with Gasteiger partial charge in [0.05, 0.1) is 16.7 Å². The summed E-state index contributed by atoms with van der Waals surface area (Å²) in [5, 5.41) is 0.683. The van der Waals surface area contributed by atoms with E-state index < -0.39 is 5.54 Å². The summed E-state index contributed by atoms with van der Waals surface area (Å²) in [6.07, 6.45) is 16.8. The van der Waals surface area contributed by atoms with Crippen molar-refractivity contribution < 1.29 is 4.79 Å². The Morgan fingerprint density at radius 2 is 1.83 bits per heavy atom. The van der Waals surface area contributed by atoms with Crippen LogP contribution in [0.4, 0.5) is 0 Å². The highest BCUT2D eigenvalue weighted by atomic mass is 35.5. The van der Waals surface area contributed by atoms with Gasteiger partial charge in [0, 0.05) is 18.3 Å². The molecule has 7 heteroatoms. The molecular weight excluding hydrogens is 458 g/mol. The van der Waals surface area contributed by atoms with Crippen LogP contribution in [-0.2, 0) is 11.2 Å². The van der Waals surface area contributed by atoms with E-state index in [-0.39, 0.29) is 5.91 Å². The average Bonchev–Trinajstić information content (AvgIpc) is 3.07. The first-order valence-corrected chi connectivity index (χ1v) is 13.8. The lowest BCUT2D eigenvalue weighted by Gasteiger charge is -2.35. The summed E-state index contributed by atoms with van der Waals surface area (Å²) >= 11 is 6.09. The topological polar surface area (TPSA) is 84.5 Å². The highest BCUT2D eigenvalue weighted by Crippen LogP contribution is 2.42. The number of fused-ring (bicyclic) bond motifs is 1. The van der Waals surface area contributed by atoms with E-state index in [4.69, 9.17) is 27.3 Å². The first-order valence-electron chi connectivity index (χ1n) is 13.5. The third kappa shape index (κ3) is 5.47. The van der Waals surface area contributed by atoms with Gasteiger partial charge >= 0.3 is 0 Å². The predicted octanol–water partition coefficient (Wildman–Crippen LogP) is 5.91. The van der Waals surface area contributed by atoms with Gasteiger partial charge in [-0.15, -0.1) is 0 Å². The van der Waals surface area contributed by atoms with E-state index in [2.05, 4.69) is 4.98 Å². The zero-order valence-electron chi connectivity index (χ0n) is 20.9. The average molecular weight is 496 g/mol. The molecule has 0 saturated heterocycles. The van der Waals surface area contributed by atoms with Crippen molar-refractivity contribution in [1.82, 2.24) is 14.9 Å². The Balaban J connectivity index is 1.26. The van der Waals surface area contributed by atoms with E-state index >= 15 is 0 Å². The van der Waals surface area contributed by atoms with Gasteiger partial charge in [0.15, 0.2) is 5.96 Å². The van der Waals surface area contributed by atoms with Crippen LogP contribution in [0.15, 0.2) is 29.4 Å².